The fourth-order valence-corrected chi connectivity index (χ4v) is 2.71. The average molecular weight is 297 g/mol. The lowest BCUT2D eigenvalue weighted by Crippen LogP contribution is -2.16. The molecule has 0 spiro atoms. The minimum atomic E-state index is -0.273. The fraction of sp³-hybridized carbons (Fsp3) is 0.278. The molecular weight excluding hydrogens is 277 g/mol. The number of imidazole rings is 1. The molecule has 2 aromatic carbocycles. The van der Waals surface area contributed by atoms with E-state index in [9.17, 15) is 4.39 Å². The maximum Gasteiger partial charge on any atom is 0.127 e. The standard InChI is InChI=1S/C18H20FN3/c1-3-15(20)18-21-16-10-14(19)8-9-17(16)22(18)11-13-7-5-4-6-12(13)2/h4-10,15H,3,11,20H2,1-2H3. The molecule has 3 aromatic rings. The van der Waals surface area contributed by atoms with Crippen molar-refractivity contribution < 1.29 is 4.39 Å². The summed E-state index contributed by atoms with van der Waals surface area (Å²) in [4.78, 5) is 4.57. The second-order valence-electron chi connectivity index (χ2n) is 5.63. The van der Waals surface area contributed by atoms with Gasteiger partial charge in [-0.05, 0) is 36.6 Å². The number of halogens is 1. The van der Waals surface area contributed by atoms with Crippen molar-refractivity contribution >= 4 is 11.0 Å². The van der Waals surface area contributed by atoms with E-state index in [-0.39, 0.29) is 11.9 Å². The van der Waals surface area contributed by atoms with E-state index < -0.39 is 0 Å². The molecule has 0 aliphatic rings. The first-order valence-corrected chi connectivity index (χ1v) is 7.56. The van der Waals surface area contributed by atoms with Crippen molar-refractivity contribution in [3.63, 3.8) is 0 Å². The molecule has 3 nitrogen and oxygen atoms in total. The molecule has 1 aromatic heterocycles. The van der Waals surface area contributed by atoms with Crippen LogP contribution >= 0.6 is 0 Å². The average Bonchev–Trinajstić information content (AvgIpc) is 2.86. The quantitative estimate of drug-likeness (QED) is 0.792. The van der Waals surface area contributed by atoms with E-state index >= 15 is 0 Å². The molecule has 114 valence electrons. The summed E-state index contributed by atoms with van der Waals surface area (Å²) in [5.74, 6) is 0.538. The van der Waals surface area contributed by atoms with Gasteiger partial charge < -0.3 is 10.3 Å². The summed E-state index contributed by atoms with van der Waals surface area (Å²) in [5.41, 5.74) is 10.2. The lowest BCUT2D eigenvalue weighted by atomic mass is 10.1. The van der Waals surface area contributed by atoms with Crippen LogP contribution in [-0.4, -0.2) is 9.55 Å². The summed E-state index contributed by atoms with van der Waals surface area (Å²) < 4.78 is 15.6. The number of nitrogens with zero attached hydrogens (tertiary/aromatic N) is 2. The molecule has 4 heteroatoms. The third kappa shape index (κ3) is 2.62. The highest BCUT2D eigenvalue weighted by Gasteiger charge is 2.17. The first kappa shape index (κ1) is 14.7. The zero-order valence-electron chi connectivity index (χ0n) is 12.9. The van der Waals surface area contributed by atoms with Gasteiger partial charge in [0.1, 0.15) is 11.6 Å². The van der Waals surface area contributed by atoms with Gasteiger partial charge in [-0.15, -0.1) is 0 Å². The van der Waals surface area contributed by atoms with Crippen LogP contribution in [0.5, 0.6) is 0 Å². The maximum absolute atomic E-state index is 13.5. The van der Waals surface area contributed by atoms with Crippen LogP contribution in [-0.2, 0) is 6.54 Å². The van der Waals surface area contributed by atoms with Crippen LogP contribution in [0.15, 0.2) is 42.5 Å². The minimum absolute atomic E-state index is 0.153. The third-order valence-corrected chi connectivity index (χ3v) is 4.10. The molecule has 22 heavy (non-hydrogen) atoms. The summed E-state index contributed by atoms with van der Waals surface area (Å²) >= 11 is 0. The molecule has 0 fully saturated rings. The van der Waals surface area contributed by atoms with Gasteiger partial charge in [-0.25, -0.2) is 9.37 Å². The van der Waals surface area contributed by atoms with E-state index in [2.05, 4.69) is 28.6 Å². The maximum atomic E-state index is 13.5. The molecule has 1 unspecified atom stereocenters. The molecule has 0 saturated carbocycles. The van der Waals surface area contributed by atoms with Gasteiger partial charge in [0.05, 0.1) is 17.1 Å². The predicted molar refractivity (Wildman–Crippen MR) is 87.2 cm³/mol. The molecule has 2 N–H and O–H groups in total. The van der Waals surface area contributed by atoms with Crippen LogP contribution in [0.2, 0.25) is 0 Å². The second-order valence-corrected chi connectivity index (χ2v) is 5.63. The second kappa shape index (κ2) is 5.89. The van der Waals surface area contributed by atoms with Gasteiger partial charge in [0.25, 0.3) is 0 Å². The number of hydrogen-bond acceptors (Lipinski definition) is 2. The van der Waals surface area contributed by atoms with Gasteiger partial charge in [0.15, 0.2) is 0 Å². The van der Waals surface area contributed by atoms with E-state index in [0.29, 0.717) is 12.1 Å². The number of nitrogens with two attached hydrogens (primary N) is 1. The summed E-state index contributed by atoms with van der Waals surface area (Å²) in [5, 5.41) is 0. The van der Waals surface area contributed by atoms with E-state index in [1.807, 2.05) is 19.1 Å². The SMILES string of the molecule is CCC(N)c1nc2cc(F)ccc2n1Cc1ccccc1C. The Morgan fingerprint density at radius 3 is 2.73 bits per heavy atom. The van der Waals surface area contributed by atoms with E-state index in [4.69, 9.17) is 5.73 Å². The largest absolute Gasteiger partial charge is 0.322 e. The monoisotopic (exact) mass is 297 g/mol. The van der Waals surface area contributed by atoms with Crippen LogP contribution in [0, 0.1) is 12.7 Å². The Kier molecular flexibility index (Phi) is 3.94. The van der Waals surface area contributed by atoms with Gasteiger partial charge in [-0.1, -0.05) is 31.2 Å². The molecule has 3 rings (SSSR count). The minimum Gasteiger partial charge on any atom is -0.322 e. The van der Waals surface area contributed by atoms with Crippen molar-refractivity contribution in [2.24, 2.45) is 5.73 Å². The number of fused-ring (bicyclic) bond motifs is 1. The summed E-state index contributed by atoms with van der Waals surface area (Å²) in [6, 6.07) is 12.8. The highest BCUT2D eigenvalue weighted by Crippen LogP contribution is 2.24. The molecule has 0 aliphatic carbocycles. The van der Waals surface area contributed by atoms with Crippen LogP contribution in [0.25, 0.3) is 11.0 Å². The number of benzene rings is 2. The first-order valence-electron chi connectivity index (χ1n) is 7.56. The third-order valence-electron chi connectivity index (χ3n) is 4.10. The summed E-state index contributed by atoms with van der Waals surface area (Å²) in [6.07, 6.45) is 0.791. The van der Waals surface area contributed by atoms with E-state index in [0.717, 1.165) is 17.8 Å². The normalized spacial score (nSPS) is 12.7. The van der Waals surface area contributed by atoms with Gasteiger partial charge >= 0.3 is 0 Å². The summed E-state index contributed by atoms with van der Waals surface area (Å²) in [7, 11) is 0. The van der Waals surface area contributed by atoms with Crippen LogP contribution in [0.3, 0.4) is 0 Å². The molecule has 0 amide bonds. The number of hydrogen-bond donors (Lipinski definition) is 1. The zero-order chi connectivity index (χ0) is 15.7. The highest BCUT2D eigenvalue weighted by atomic mass is 19.1. The Labute approximate surface area is 129 Å². The van der Waals surface area contributed by atoms with Crippen molar-refractivity contribution in [3.05, 3.63) is 65.2 Å². The Morgan fingerprint density at radius 1 is 1.23 bits per heavy atom. The highest BCUT2D eigenvalue weighted by molar-refractivity contribution is 5.76. The Hall–Kier alpha value is -2.20. The molecule has 1 heterocycles. The Bertz CT molecular complexity index is 807. The van der Waals surface area contributed by atoms with Crippen LogP contribution in [0.1, 0.15) is 36.3 Å². The molecule has 0 aliphatic heterocycles. The van der Waals surface area contributed by atoms with Gasteiger partial charge in [-0.3, -0.25) is 0 Å². The lowest BCUT2D eigenvalue weighted by Gasteiger charge is -2.14. The van der Waals surface area contributed by atoms with Gasteiger partial charge in [0.2, 0.25) is 0 Å². The zero-order valence-corrected chi connectivity index (χ0v) is 12.9. The fourth-order valence-electron chi connectivity index (χ4n) is 2.71. The molecule has 1 atom stereocenters. The molecular formula is C18H20FN3. The van der Waals surface area contributed by atoms with Crippen LogP contribution in [0.4, 0.5) is 4.39 Å². The Morgan fingerprint density at radius 2 is 2.00 bits per heavy atom. The molecule has 0 saturated heterocycles. The van der Waals surface area contributed by atoms with Crippen molar-refractivity contribution in [2.45, 2.75) is 32.9 Å². The van der Waals surface area contributed by atoms with Gasteiger partial charge in [0, 0.05) is 12.6 Å². The Balaban J connectivity index is 2.15. The van der Waals surface area contributed by atoms with Crippen molar-refractivity contribution in [3.8, 4) is 0 Å². The van der Waals surface area contributed by atoms with Crippen LogP contribution < -0.4 is 5.73 Å². The number of aryl methyl sites for hydroxylation is 1. The van der Waals surface area contributed by atoms with Crippen molar-refractivity contribution in [1.82, 2.24) is 9.55 Å². The van der Waals surface area contributed by atoms with Crippen molar-refractivity contribution in [2.75, 3.05) is 0 Å². The predicted octanol–water partition coefficient (Wildman–Crippen LogP) is 3.94. The molecule has 0 radical (unpaired) electrons. The smallest absolute Gasteiger partial charge is 0.127 e. The van der Waals surface area contributed by atoms with E-state index in [1.54, 1.807) is 6.07 Å². The summed E-state index contributed by atoms with van der Waals surface area (Å²) in [6.45, 7) is 4.81. The molecule has 0 bridgehead atoms. The lowest BCUT2D eigenvalue weighted by molar-refractivity contribution is 0.605. The van der Waals surface area contributed by atoms with Gasteiger partial charge in [-0.2, -0.15) is 0 Å². The number of aromatic nitrogens is 2. The van der Waals surface area contributed by atoms with Crippen molar-refractivity contribution in [1.29, 1.82) is 0 Å². The van der Waals surface area contributed by atoms with E-state index in [1.165, 1.54) is 23.3 Å². The topological polar surface area (TPSA) is 43.8 Å². The number of rotatable bonds is 4. The first-order chi connectivity index (χ1) is 10.6.